The first kappa shape index (κ1) is 14.2. The first-order valence-electron chi connectivity index (χ1n) is 5.93. The van der Waals surface area contributed by atoms with E-state index in [1.165, 1.54) is 0 Å². The fraction of sp³-hybridized carbons (Fsp3) is 0.538. The average molecular weight is 256 g/mol. The lowest BCUT2D eigenvalue weighted by molar-refractivity contribution is 0.144. The van der Waals surface area contributed by atoms with Gasteiger partial charge in [0.15, 0.2) is 9.84 Å². The number of sulfone groups is 1. The molecule has 96 valence electrons. The molecule has 1 aromatic rings. The van der Waals surface area contributed by atoms with Crippen molar-refractivity contribution in [2.24, 2.45) is 0 Å². The summed E-state index contributed by atoms with van der Waals surface area (Å²) in [6.45, 7) is 5.38. The van der Waals surface area contributed by atoms with E-state index in [0.717, 1.165) is 0 Å². The molecule has 0 aromatic heterocycles. The minimum absolute atomic E-state index is 0.0823. The molecule has 1 aromatic carbocycles. The second-order valence-electron chi connectivity index (χ2n) is 4.21. The molecule has 0 aliphatic heterocycles. The molecular formula is C13H20O3S. The number of aliphatic hydroxyl groups is 1. The van der Waals surface area contributed by atoms with E-state index in [9.17, 15) is 13.5 Å². The normalized spacial score (nSPS) is 15.5. The summed E-state index contributed by atoms with van der Waals surface area (Å²) < 4.78 is 23.9. The highest BCUT2D eigenvalue weighted by Crippen LogP contribution is 2.28. The van der Waals surface area contributed by atoms with Crippen molar-refractivity contribution in [2.45, 2.75) is 44.1 Å². The van der Waals surface area contributed by atoms with Crippen LogP contribution in [0.4, 0.5) is 0 Å². The Kier molecular flexibility index (Phi) is 4.71. The zero-order valence-electron chi connectivity index (χ0n) is 10.6. The molecule has 0 fully saturated rings. The fourth-order valence-corrected chi connectivity index (χ4v) is 3.07. The van der Waals surface area contributed by atoms with Gasteiger partial charge in [-0.2, -0.15) is 0 Å². The van der Waals surface area contributed by atoms with E-state index in [0.29, 0.717) is 16.9 Å². The maximum absolute atomic E-state index is 12.0. The van der Waals surface area contributed by atoms with Crippen molar-refractivity contribution in [3.63, 3.8) is 0 Å². The third-order valence-corrected chi connectivity index (χ3v) is 4.92. The molecule has 0 aliphatic rings. The highest BCUT2D eigenvalue weighted by atomic mass is 32.2. The van der Waals surface area contributed by atoms with E-state index in [-0.39, 0.29) is 11.7 Å². The number of rotatable bonds is 5. The Morgan fingerprint density at radius 3 is 2.35 bits per heavy atom. The van der Waals surface area contributed by atoms with E-state index in [1.54, 1.807) is 25.1 Å². The minimum Gasteiger partial charge on any atom is -0.393 e. The summed E-state index contributed by atoms with van der Waals surface area (Å²) in [6, 6.07) is 6.93. The summed E-state index contributed by atoms with van der Waals surface area (Å²) >= 11 is 0. The highest BCUT2D eigenvalue weighted by molar-refractivity contribution is 7.91. The molecule has 0 spiro atoms. The largest absolute Gasteiger partial charge is 0.393 e. The Morgan fingerprint density at radius 2 is 1.82 bits per heavy atom. The Balaban J connectivity index is 3.26. The van der Waals surface area contributed by atoms with Crippen LogP contribution in [0.5, 0.6) is 0 Å². The molecule has 3 nitrogen and oxygen atoms in total. The van der Waals surface area contributed by atoms with Crippen molar-refractivity contribution < 1.29 is 13.5 Å². The number of hydrogen-bond acceptors (Lipinski definition) is 3. The maximum Gasteiger partial charge on any atom is 0.178 e. The first-order chi connectivity index (χ1) is 7.94. The van der Waals surface area contributed by atoms with Crippen LogP contribution in [0.2, 0.25) is 0 Å². The van der Waals surface area contributed by atoms with Crippen LogP contribution in [-0.4, -0.2) is 25.4 Å². The van der Waals surface area contributed by atoms with E-state index in [4.69, 9.17) is 0 Å². The number of hydrogen-bond donors (Lipinski definition) is 1. The molecule has 0 bridgehead atoms. The van der Waals surface area contributed by atoms with Crippen LogP contribution in [0.1, 0.15) is 38.7 Å². The third-order valence-electron chi connectivity index (χ3n) is 3.12. The van der Waals surface area contributed by atoms with Crippen LogP contribution in [0.3, 0.4) is 0 Å². The van der Waals surface area contributed by atoms with Gasteiger partial charge in [0.05, 0.1) is 16.8 Å². The standard InChI is InChI=1S/C13H20O3S/c1-4-12(14)10(3)11-8-6-7-9-13(11)17(15,16)5-2/h6-10,12,14H,4-5H2,1-3H3. The zero-order chi connectivity index (χ0) is 13.1. The van der Waals surface area contributed by atoms with Gasteiger partial charge in [-0.15, -0.1) is 0 Å². The van der Waals surface area contributed by atoms with Gasteiger partial charge in [-0.1, -0.05) is 39.0 Å². The maximum atomic E-state index is 12.0. The van der Waals surface area contributed by atoms with Crippen molar-refractivity contribution >= 4 is 9.84 Å². The first-order valence-corrected chi connectivity index (χ1v) is 7.59. The lowest BCUT2D eigenvalue weighted by Gasteiger charge is -2.20. The van der Waals surface area contributed by atoms with Gasteiger partial charge >= 0.3 is 0 Å². The Morgan fingerprint density at radius 1 is 1.24 bits per heavy atom. The fourth-order valence-electron chi connectivity index (χ4n) is 1.86. The monoisotopic (exact) mass is 256 g/mol. The predicted octanol–water partition coefficient (Wildman–Crippen LogP) is 2.35. The lowest BCUT2D eigenvalue weighted by Crippen LogP contribution is -2.18. The number of benzene rings is 1. The molecule has 17 heavy (non-hydrogen) atoms. The van der Waals surface area contributed by atoms with Crippen LogP contribution in [0.15, 0.2) is 29.2 Å². The summed E-state index contributed by atoms with van der Waals surface area (Å²) in [5, 5.41) is 9.85. The van der Waals surface area contributed by atoms with Crippen LogP contribution in [0, 0.1) is 0 Å². The second-order valence-corrected chi connectivity index (χ2v) is 6.45. The summed E-state index contributed by atoms with van der Waals surface area (Å²) in [7, 11) is -3.23. The summed E-state index contributed by atoms with van der Waals surface area (Å²) in [5.74, 6) is -0.0867. The van der Waals surface area contributed by atoms with Gasteiger partial charge in [0.2, 0.25) is 0 Å². The Labute approximate surface area is 103 Å². The highest BCUT2D eigenvalue weighted by Gasteiger charge is 2.22. The van der Waals surface area contributed by atoms with E-state index < -0.39 is 15.9 Å². The quantitative estimate of drug-likeness (QED) is 0.880. The summed E-state index contributed by atoms with van der Waals surface area (Å²) in [5.41, 5.74) is 0.712. The van der Waals surface area contributed by atoms with E-state index in [1.807, 2.05) is 19.9 Å². The van der Waals surface area contributed by atoms with Crippen LogP contribution >= 0.6 is 0 Å². The molecule has 2 unspecified atom stereocenters. The minimum atomic E-state index is -3.23. The molecule has 0 saturated heterocycles. The zero-order valence-corrected chi connectivity index (χ0v) is 11.4. The smallest absolute Gasteiger partial charge is 0.178 e. The predicted molar refractivity (Wildman–Crippen MR) is 68.9 cm³/mol. The van der Waals surface area contributed by atoms with Gasteiger partial charge in [0.25, 0.3) is 0 Å². The van der Waals surface area contributed by atoms with Gasteiger partial charge in [-0.3, -0.25) is 0 Å². The SMILES string of the molecule is CCC(O)C(C)c1ccccc1S(=O)(=O)CC. The molecule has 0 saturated carbocycles. The molecule has 0 amide bonds. The van der Waals surface area contributed by atoms with Crippen molar-refractivity contribution in [3.05, 3.63) is 29.8 Å². The molecule has 0 heterocycles. The molecule has 0 radical (unpaired) electrons. The third kappa shape index (κ3) is 3.07. The number of aliphatic hydroxyl groups excluding tert-OH is 1. The van der Waals surface area contributed by atoms with Crippen LogP contribution < -0.4 is 0 Å². The summed E-state index contributed by atoms with van der Waals surface area (Å²) in [4.78, 5) is 0.350. The molecule has 0 aliphatic carbocycles. The molecular weight excluding hydrogens is 236 g/mol. The van der Waals surface area contributed by atoms with Crippen molar-refractivity contribution in [2.75, 3.05) is 5.75 Å². The van der Waals surface area contributed by atoms with Gasteiger partial charge in [0, 0.05) is 5.92 Å². The van der Waals surface area contributed by atoms with Crippen molar-refractivity contribution in [3.8, 4) is 0 Å². The second kappa shape index (κ2) is 5.65. The van der Waals surface area contributed by atoms with Crippen molar-refractivity contribution in [1.29, 1.82) is 0 Å². The average Bonchev–Trinajstić information content (AvgIpc) is 2.36. The van der Waals surface area contributed by atoms with Gasteiger partial charge in [-0.05, 0) is 18.1 Å². The molecule has 1 rings (SSSR count). The summed E-state index contributed by atoms with van der Waals surface area (Å²) in [6.07, 6.45) is 0.102. The topological polar surface area (TPSA) is 54.4 Å². The van der Waals surface area contributed by atoms with E-state index >= 15 is 0 Å². The van der Waals surface area contributed by atoms with Crippen molar-refractivity contribution in [1.82, 2.24) is 0 Å². The van der Waals surface area contributed by atoms with E-state index in [2.05, 4.69) is 0 Å². The van der Waals surface area contributed by atoms with Crippen LogP contribution in [0.25, 0.3) is 0 Å². The van der Waals surface area contributed by atoms with Gasteiger partial charge in [0.1, 0.15) is 0 Å². The Bertz CT molecular complexity index is 465. The lowest BCUT2D eigenvalue weighted by atomic mass is 9.94. The van der Waals surface area contributed by atoms with Gasteiger partial charge < -0.3 is 5.11 Å². The van der Waals surface area contributed by atoms with Gasteiger partial charge in [-0.25, -0.2) is 8.42 Å². The van der Waals surface area contributed by atoms with Crippen LogP contribution in [-0.2, 0) is 9.84 Å². The molecule has 2 atom stereocenters. The molecule has 1 N–H and O–H groups in total. The molecule has 4 heteroatoms. The Hall–Kier alpha value is -0.870.